The van der Waals surface area contributed by atoms with E-state index >= 15 is 0 Å². The standard InChI is InChI=1S/C13H26N2O2/c1-14-9-13(4-2-6-17-11-13)10-15-5-3-12(7-15)8-16/h12,14,16H,2-11H2,1H3. The van der Waals surface area contributed by atoms with Gasteiger partial charge in [-0.2, -0.15) is 0 Å². The van der Waals surface area contributed by atoms with E-state index in [2.05, 4.69) is 10.2 Å². The van der Waals surface area contributed by atoms with Crippen LogP contribution < -0.4 is 5.32 Å². The lowest BCUT2D eigenvalue weighted by atomic mass is 9.82. The summed E-state index contributed by atoms with van der Waals surface area (Å²) in [5.41, 5.74) is 0.289. The first-order valence-electron chi connectivity index (χ1n) is 6.83. The van der Waals surface area contributed by atoms with Crippen molar-refractivity contribution in [3.05, 3.63) is 0 Å². The molecule has 4 heteroatoms. The van der Waals surface area contributed by atoms with Crippen LogP contribution >= 0.6 is 0 Å². The van der Waals surface area contributed by atoms with Gasteiger partial charge in [-0.15, -0.1) is 0 Å². The molecule has 0 radical (unpaired) electrons. The van der Waals surface area contributed by atoms with Crippen LogP contribution in [0.4, 0.5) is 0 Å². The number of hydrogen-bond donors (Lipinski definition) is 2. The Morgan fingerprint density at radius 2 is 2.41 bits per heavy atom. The van der Waals surface area contributed by atoms with Gasteiger partial charge in [0.05, 0.1) is 6.61 Å². The van der Waals surface area contributed by atoms with Crippen molar-refractivity contribution in [2.75, 3.05) is 53.0 Å². The van der Waals surface area contributed by atoms with Gasteiger partial charge in [-0.25, -0.2) is 0 Å². The van der Waals surface area contributed by atoms with Crippen LogP contribution in [-0.4, -0.2) is 63.1 Å². The third kappa shape index (κ3) is 3.41. The zero-order valence-electron chi connectivity index (χ0n) is 11.0. The van der Waals surface area contributed by atoms with Crippen molar-refractivity contribution in [2.45, 2.75) is 19.3 Å². The zero-order chi connectivity index (χ0) is 12.1. The molecule has 17 heavy (non-hydrogen) atoms. The Balaban J connectivity index is 1.88. The minimum atomic E-state index is 0.289. The van der Waals surface area contributed by atoms with Crippen LogP contribution in [0.1, 0.15) is 19.3 Å². The molecule has 0 aliphatic carbocycles. The fourth-order valence-electron chi connectivity index (χ4n) is 3.28. The summed E-state index contributed by atoms with van der Waals surface area (Å²) in [6.45, 7) is 6.49. The molecule has 2 heterocycles. The Bertz CT molecular complexity index is 224. The van der Waals surface area contributed by atoms with Gasteiger partial charge in [-0.3, -0.25) is 0 Å². The van der Waals surface area contributed by atoms with Crippen LogP contribution in [0.25, 0.3) is 0 Å². The smallest absolute Gasteiger partial charge is 0.0546 e. The molecule has 0 aromatic carbocycles. The summed E-state index contributed by atoms with van der Waals surface area (Å²) in [5.74, 6) is 0.492. The number of nitrogens with one attached hydrogen (secondary N) is 1. The van der Waals surface area contributed by atoms with Gasteiger partial charge >= 0.3 is 0 Å². The Hall–Kier alpha value is -0.160. The minimum absolute atomic E-state index is 0.289. The van der Waals surface area contributed by atoms with Crippen molar-refractivity contribution >= 4 is 0 Å². The Kier molecular flexibility index (Phi) is 4.79. The third-order valence-electron chi connectivity index (χ3n) is 4.14. The number of aliphatic hydroxyl groups is 1. The minimum Gasteiger partial charge on any atom is -0.396 e. The van der Waals surface area contributed by atoms with Gasteiger partial charge in [0.1, 0.15) is 0 Å². The summed E-state index contributed by atoms with van der Waals surface area (Å²) in [6, 6.07) is 0. The summed E-state index contributed by atoms with van der Waals surface area (Å²) in [4.78, 5) is 2.51. The quantitative estimate of drug-likeness (QED) is 0.729. The number of rotatable bonds is 5. The van der Waals surface area contributed by atoms with E-state index in [-0.39, 0.29) is 5.41 Å². The molecule has 0 bridgehead atoms. The highest BCUT2D eigenvalue weighted by Gasteiger charge is 2.36. The molecule has 4 nitrogen and oxygen atoms in total. The fourth-order valence-corrected chi connectivity index (χ4v) is 3.28. The van der Waals surface area contributed by atoms with Gasteiger partial charge in [0.2, 0.25) is 0 Å². The lowest BCUT2D eigenvalue weighted by molar-refractivity contribution is -0.0228. The molecule has 2 saturated heterocycles. The van der Waals surface area contributed by atoms with Gasteiger partial charge in [-0.05, 0) is 38.8 Å². The van der Waals surface area contributed by atoms with Crippen molar-refractivity contribution in [1.29, 1.82) is 0 Å². The van der Waals surface area contributed by atoms with Crippen LogP contribution in [0.15, 0.2) is 0 Å². The van der Waals surface area contributed by atoms with Crippen molar-refractivity contribution in [3.8, 4) is 0 Å². The molecule has 0 saturated carbocycles. The van der Waals surface area contributed by atoms with E-state index in [4.69, 9.17) is 4.74 Å². The largest absolute Gasteiger partial charge is 0.396 e. The summed E-state index contributed by atoms with van der Waals surface area (Å²) in [7, 11) is 2.02. The van der Waals surface area contributed by atoms with Gasteiger partial charge in [-0.1, -0.05) is 0 Å². The molecule has 2 fully saturated rings. The number of aliphatic hydroxyl groups excluding tert-OH is 1. The van der Waals surface area contributed by atoms with Gasteiger partial charge in [0, 0.05) is 38.3 Å². The molecule has 0 aromatic rings. The van der Waals surface area contributed by atoms with Crippen LogP contribution in [-0.2, 0) is 4.74 Å². The van der Waals surface area contributed by atoms with E-state index in [1.807, 2.05) is 7.05 Å². The first-order chi connectivity index (χ1) is 8.28. The lowest BCUT2D eigenvalue weighted by Crippen LogP contribution is -2.48. The second-order valence-electron chi connectivity index (χ2n) is 5.76. The Morgan fingerprint density at radius 1 is 1.53 bits per heavy atom. The molecule has 2 aliphatic heterocycles. The topological polar surface area (TPSA) is 44.7 Å². The number of ether oxygens (including phenoxy) is 1. The van der Waals surface area contributed by atoms with E-state index < -0.39 is 0 Å². The van der Waals surface area contributed by atoms with Crippen LogP contribution in [0.2, 0.25) is 0 Å². The molecule has 2 aliphatic rings. The molecule has 0 aromatic heterocycles. The van der Waals surface area contributed by atoms with Gasteiger partial charge < -0.3 is 20.1 Å². The SMILES string of the molecule is CNCC1(CN2CCC(CO)C2)CCCOC1. The van der Waals surface area contributed by atoms with E-state index in [1.165, 1.54) is 12.8 Å². The highest BCUT2D eigenvalue weighted by atomic mass is 16.5. The zero-order valence-corrected chi connectivity index (χ0v) is 11.0. The predicted molar refractivity (Wildman–Crippen MR) is 68.0 cm³/mol. The molecular formula is C13H26N2O2. The molecule has 2 rings (SSSR count). The summed E-state index contributed by atoms with van der Waals surface area (Å²) in [5, 5.41) is 12.5. The van der Waals surface area contributed by atoms with E-state index in [1.54, 1.807) is 0 Å². The average Bonchev–Trinajstić information content (AvgIpc) is 2.78. The average molecular weight is 242 g/mol. The second-order valence-corrected chi connectivity index (χ2v) is 5.76. The van der Waals surface area contributed by atoms with Crippen molar-refractivity contribution in [2.24, 2.45) is 11.3 Å². The molecule has 2 N–H and O–H groups in total. The number of hydrogen-bond acceptors (Lipinski definition) is 4. The van der Waals surface area contributed by atoms with Gasteiger partial charge in [0.25, 0.3) is 0 Å². The van der Waals surface area contributed by atoms with Crippen LogP contribution in [0.3, 0.4) is 0 Å². The highest BCUT2D eigenvalue weighted by Crippen LogP contribution is 2.31. The number of likely N-dealkylation sites (tertiary alicyclic amines) is 1. The molecule has 2 atom stereocenters. The third-order valence-corrected chi connectivity index (χ3v) is 4.14. The molecule has 0 spiro atoms. The van der Waals surface area contributed by atoms with Crippen molar-refractivity contribution in [1.82, 2.24) is 10.2 Å². The first-order valence-corrected chi connectivity index (χ1v) is 6.83. The molecule has 0 amide bonds. The summed E-state index contributed by atoms with van der Waals surface area (Å²) < 4.78 is 5.69. The summed E-state index contributed by atoms with van der Waals surface area (Å²) in [6.07, 6.45) is 3.58. The molecule has 2 unspecified atom stereocenters. The van der Waals surface area contributed by atoms with E-state index in [9.17, 15) is 5.11 Å². The van der Waals surface area contributed by atoms with Crippen LogP contribution in [0.5, 0.6) is 0 Å². The van der Waals surface area contributed by atoms with E-state index in [0.717, 1.165) is 45.8 Å². The number of nitrogens with zero attached hydrogens (tertiary/aromatic N) is 1. The van der Waals surface area contributed by atoms with Crippen LogP contribution in [0, 0.1) is 11.3 Å². The highest BCUT2D eigenvalue weighted by molar-refractivity contribution is 4.89. The van der Waals surface area contributed by atoms with Gasteiger partial charge in [0.15, 0.2) is 0 Å². The maximum absolute atomic E-state index is 9.19. The fraction of sp³-hybridized carbons (Fsp3) is 1.00. The lowest BCUT2D eigenvalue weighted by Gasteiger charge is -2.40. The first kappa shape index (κ1) is 13.3. The normalized spacial score (nSPS) is 35.3. The molecular weight excluding hydrogens is 216 g/mol. The summed E-state index contributed by atoms with van der Waals surface area (Å²) >= 11 is 0. The van der Waals surface area contributed by atoms with E-state index in [0.29, 0.717) is 12.5 Å². The maximum atomic E-state index is 9.19. The maximum Gasteiger partial charge on any atom is 0.0546 e. The second kappa shape index (κ2) is 6.14. The van der Waals surface area contributed by atoms with Crippen molar-refractivity contribution < 1.29 is 9.84 Å². The Morgan fingerprint density at radius 3 is 3.00 bits per heavy atom. The predicted octanol–water partition coefficient (Wildman–Crippen LogP) is 0.317. The monoisotopic (exact) mass is 242 g/mol. The molecule has 100 valence electrons. The Labute approximate surface area is 104 Å². The van der Waals surface area contributed by atoms with Crippen molar-refractivity contribution in [3.63, 3.8) is 0 Å².